The summed E-state index contributed by atoms with van der Waals surface area (Å²) in [6, 6.07) is 4.58. The fourth-order valence-electron chi connectivity index (χ4n) is 3.69. The Balaban J connectivity index is 2.05. The van der Waals surface area contributed by atoms with Crippen LogP contribution in [0.5, 0.6) is 5.75 Å². The van der Waals surface area contributed by atoms with E-state index in [-0.39, 0.29) is 10.8 Å². The molecule has 1 heterocycles. The predicted molar refractivity (Wildman–Crippen MR) is 117 cm³/mol. The van der Waals surface area contributed by atoms with E-state index < -0.39 is 0 Å². The van der Waals surface area contributed by atoms with Gasteiger partial charge in [-0.25, -0.2) is 9.97 Å². The summed E-state index contributed by atoms with van der Waals surface area (Å²) in [7, 11) is 0. The maximum Gasteiger partial charge on any atom is 0.138 e. The van der Waals surface area contributed by atoms with E-state index >= 15 is 0 Å². The van der Waals surface area contributed by atoms with Crippen molar-refractivity contribution in [1.82, 2.24) is 9.97 Å². The molecular formula is C25H34N2O. The first-order valence-corrected chi connectivity index (χ1v) is 10.3. The van der Waals surface area contributed by atoms with Gasteiger partial charge in [0.05, 0.1) is 12.0 Å². The molecule has 1 aliphatic rings. The van der Waals surface area contributed by atoms with Gasteiger partial charge in [0.1, 0.15) is 11.6 Å². The number of aryl methyl sites for hydroxylation is 1. The van der Waals surface area contributed by atoms with E-state index in [1.165, 1.54) is 16.7 Å². The molecule has 0 atom stereocenters. The van der Waals surface area contributed by atoms with Gasteiger partial charge in [-0.2, -0.15) is 0 Å². The lowest BCUT2D eigenvalue weighted by atomic mass is 9.81. The van der Waals surface area contributed by atoms with Gasteiger partial charge in [0.25, 0.3) is 0 Å². The minimum Gasteiger partial charge on any atom is -0.493 e. The highest BCUT2D eigenvalue weighted by atomic mass is 16.5. The first-order chi connectivity index (χ1) is 13.0. The van der Waals surface area contributed by atoms with Crippen molar-refractivity contribution in [2.45, 2.75) is 72.1 Å². The van der Waals surface area contributed by atoms with Crippen LogP contribution < -0.4 is 4.74 Å². The molecule has 3 nitrogen and oxygen atoms in total. The fraction of sp³-hybridized carbons (Fsp3) is 0.520. The lowest BCUT2D eigenvalue weighted by molar-refractivity contribution is 0.264. The van der Waals surface area contributed by atoms with Crippen molar-refractivity contribution < 1.29 is 4.74 Å². The monoisotopic (exact) mass is 378 g/mol. The summed E-state index contributed by atoms with van der Waals surface area (Å²) in [5.74, 6) is 2.44. The van der Waals surface area contributed by atoms with Crippen LogP contribution in [0.1, 0.15) is 82.5 Å². The molecule has 0 N–H and O–H groups in total. The highest BCUT2D eigenvalue weighted by Crippen LogP contribution is 2.54. The zero-order valence-electron chi connectivity index (χ0n) is 18.5. The summed E-state index contributed by atoms with van der Waals surface area (Å²) in [4.78, 5) is 9.44. The Hall–Kier alpha value is -2.16. The fourth-order valence-corrected chi connectivity index (χ4v) is 3.69. The summed E-state index contributed by atoms with van der Waals surface area (Å²) in [6.45, 7) is 20.0. The molecule has 1 aromatic carbocycles. The van der Waals surface area contributed by atoms with Gasteiger partial charge in [-0.1, -0.05) is 47.3 Å². The third-order valence-electron chi connectivity index (χ3n) is 5.54. The van der Waals surface area contributed by atoms with Crippen LogP contribution in [-0.4, -0.2) is 16.6 Å². The Labute approximate surface area is 170 Å². The lowest BCUT2D eigenvalue weighted by Gasteiger charge is -2.27. The van der Waals surface area contributed by atoms with Crippen LogP contribution in [-0.2, 0) is 10.8 Å². The molecule has 1 saturated carbocycles. The summed E-state index contributed by atoms with van der Waals surface area (Å²) in [5, 5.41) is 0. The highest BCUT2D eigenvalue weighted by molar-refractivity contribution is 5.60. The third-order valence-corrected chi connectivity index (χ3v) is 5.54. The van der Waals surface area contributed by atoms with Gasteiger partial charge in [-0.3, -0.25) is 0 Å². The SMILES string of the molecule is C=C(C)c1cnc(C2(c3cc(C(C)(C)C)c(OCC(C)C)cc3C)CC2)nc1. The molecule has 0 radical (unpaired) electrons. The summed E-state index contributed by atoms with van der Waals surface area (Å²) < 4.78 is 6.20. The van der Waals surface area contributed by atoms with Gasteiger partial charge >= 0.3 is 0 Å². The molecule has 0 aliphatic heterocycles. The van der Waals surface area contributed by atoms with E-state index in [1.807, 2.05) is 19.3 Å². The van der Waals surface area contributed by atoms with Gasteiger partial charge in [0, 0.05) is 18.0 Å². The number of aromatic nitrogens is 2. The van der Waals surface area contributed by atoms with Crippen LogP contribution in [0.3, 0.4) is 0 Å². The maximum absolute atomic E-state index is 6.20. The first-order valence-electron chi connectivity index (χ1n) is 10.3. The number of benzene rings is 1. The Morgan fingerprint density at radius 1 is 1.18 bits per heavy atom. The molecule has 0 spiro atoms. The second-order valence-corrected chi connectivity index (χ2v) is 9.78. The predicted octanol–water partition coefficient (Wildman–Crippen LogP) is 6.23. The van der Waals surface area contributed by atoms with Crippen LogP contribution in [0.4, 0.5) is 0 Å². The Morgan fingerprint density at radius 2 is 1.79 bits per heavy atom. The summed E-state index contributed by atoms with van der Waals surface area (Å²) >= 11 is 0. The summed E-state index contributed by atoms with van der Waals surface area (Å²) in [6.07, 6.45) is 6.00. The van der Waals surface area contributed by atoms with Crippen LogP contribution >= 0.6 is 0 Å². The number of ether oxygens (including phenoxy) is 1. The van der Waals surface area contributed by atoms with Crippen molar-refractivity contribution in [3.8, 4) is 5.75 Å². The maximum atomic E-state index is 6.20. The minimum atomic E-state index is -0.0612. The molecule has 0 amide bonds. The minimum absolute atomic E-state index is 0.00943. The van der Waals surface area contributed by atoms with E-state index in [9.17, 15) is 0 Å². The highest BCUT2D eigenvalue weighted by Gasteiger charge is 2.50. The average Bonchev–Trinajstić information content (AvgIpc) is 3.40. The van der Waals surface area contributed by atoms with E-state index in [4.69, 9.17) is 14.7 Å². The van der Waals surface area contributed by atoms with Gasteiger partial charge in [-0.15, -0.1) is 0 Å². The van der Waals surface area contributed by atoms with Crippen molar-refractivity contribution in [3.05, 3.63) is 59.2 Å². The molecule has 150 valence electrons. The van der Waals surface area contributed by atoms with E-state index in [2.05, 4.69) is 60.3 Å². The van der Waals surface area contributed by atoms with Crippen LogP contribution in [0.15, 0.2) is 31.1 Å². The normalized spacial score (nSPS) is 15.6. The Kier molecular flexibility index (Phi) is 5.40. The van der Waals surface area contributed by atoms with Crippen LogP contribution in [0.2, 0.25) is 0 Å². The van der Waals surface area contributed by atoms with Gasteiger partial charge in [0.2, 0.25) is 0 Å². The molecular weight excluding hydrogens is 344 g/mol. The second-order valence-electron chi connectivity index (χ2n) is 9.78. The van der Waals surface area contributed by atoms with Crippen molar-refractivity contribution in [2.75, 3.05) is 6.61 Å². The largest absolute Gasteiger partial charge is 0.493 e. The number of rotatable bonds is 6. The van der Waals surface area contributed by atoms with Gasteiger partial charge < -0.3 is 4.74 Å². The van der Waals surface area contributed by atoms with E-state index in [0.29, 0.717) is 5.92 Å². The van der Waals surface area contributed by atoms with Gasteiger partial charge in [0.15, 0.2) is 0 Å². The molecule has 0 saturated heterocycles. The standard InChI is InChI=1S/C25H34N2O/c1-16(2)15-28-22-11-18(5)20(12-21(22)24(6,7)8)25(9-10-25)23-26-13-19(14-27-23)17(3)4/h11-14,16H,3,9-10,15H2,1-2,4-8H3. The molecule has 0 bridgehead atoms. The molecule has 1 aliphatic carbocycles. The molecule has 0 unspecified atom stereocenters. The smallest absolute Gasteiger partial charge is 0.138 e. The molecule has 28 heavy (non-hydrogen) atoms. The topological polar surface area (TPSA) is 35.0 Å². The molecule has 3 heteroatoms. The van der Waals surface area contributed by atoms with E-state index in [0.717, 1.165) is 42.2 Å². The average molecular weight is 379 g/mol. The number of allylic oxidation sites excluding steroid dienone is 1. The third kappa shape index (κ3) is 3.99. The number of hydrogen-bond acceptors (Lipinski definition) is 3. The van der Waals surface area contributed by atoms with Crippen molar-refractivity contribution in [3.63, 3.8) is 0 Å². The van der Waals surface area contributed by atoms with E-state index in [1.54, 1.807) is 0 Å². The van der Waals surface area contributed by atoms with Crippen molar-refractivity contribution >= 4 is 5.57 Å². The molecule has 2 aromatic rings. The van der Waals surface area contributed by atoms with Crippen LogP contribution in [0.25, 0.3) is 5.57 Å². The molecule has 3 rings (SSSR count). The Morgan fingerprint density at radius 3 is 2.25 bits per heavy atom. The Bertz CT molecular complexity index is 869. The summed E-state index contributed by atoms with van der Waals surface area (Å²) in [5.41, 5.74) is 5.81. The lowest BCUT2D eigenvalue weighted by Crippen LogP contribution is -2.20. The zero-order chi connectivity index (χ0) is 20.7. The van der Waals surface area contributed by atoms with Crippen molar-refractivity contribution in [2.24, 2.45) is 5.92 Å². The number of nitrogens with zero attached hydrogens (tertiary/aromatic N) is 2. The molecule has 1 fully saturated rings. The quantitative estimate of drug-likeness (QED) is 0.597. The second kappa shape index (κ2) is 7.35. The first kappa shape index (κ1) is 20.6. The molecule has 1 aromatic heterocycles. The zero-order valence-corrected chi connectivity index (χ0v) is 18.5. The van der Waals surface area contributed by atoms with Crippen molar-refractivity contribution in [1.29, 1.82) is 0 Å². The van der Waals surface area contributed by atoms with Gasteiger partial charge in [-0.05, 0) is 66.4 Å². The van der Waals surface area contributed by atoms with Crippen LogP contribution in [0, 0.1) is 12.8 Å². The number of hydrogen-bond donors (Lipinski definition) is 0.